The molecule has 0 aromatic rings. The Hall–Kier alpha value is 1.12. The van der Waals surface area contributed by atoms with E-state index in [1.165, 1.54) is 140 Å². The van der Waals surface area contributed by atoms with Gasteiger partial charge in [-0.1, -0.05) is 129 Å². The quantitative estimate of drug-likeness (QED) is 0.130. The Balaban J connectivity index is -0.000000960. The molecule has 0 fully saturated rings. The van der Waals surface area contributed by atoms with Crippen molar-refractivity contribution in [2.45, 2.75) is 142 Å². The molecule has 0 heterocycles. The molecule has 0 aromatic carbocycles. The molecular formula is C24H52MgS. The molecular weight excluding hydrogens is 345 g/mol. The molecule has 0 nitrogen and oxygen atoms in total. The summed E-state index contributed by atoms with van der Waals surface area (Å²) in [5.74, 6) is 2.82. The maximum Gasteiger partial charge on any atom is 2.00 e. The monoisotopic (exact) mass is 396 g/mol. The van der Waals surface area contributed by atoms with Crippen molar-refractivity contribution in [3.05, 3.63) is 0 Å². The maximum absolute atomic E-state index is 2.30. The summed E-state index contributed by atoms with van der Waals surface area (Å²) in [4.78, 5) is 0. The third kappa shape index (κ3) is 27.3. The van der Waals surface area contributed by atoms with E-state index in [1.54, 1.807) is 0 Å². The first kappa shape index (κ1) is 29.3. The summed E-state index contributed by atoms with van der Waals surface area (Å²) >= 11 is 2.21. The second-order valence-electron chi connectivity index (χ2n) is 7.98. The molecule has 0 spiro atoms. The first-order valence-corrected chi connectivity index (χ1v) is 13.1. The Morgan fingerprint density at radius 2 is 0.615 bits per heavy atom. The molecule has 0 saturated carbocycles. The molecule has 0 aliphatic rings. The van der Waals surface area contributed by atoms with E-state index in [4.69, 9.17) is 0 Å². The zero-order chi connectivity index (χ0) is 18.3. The number of rotatable bonds is 22. The van der Waals surface area contributed by atoms with E-state index in [-0.39, 0.29) is 25.9 Å². The van der Waals surface area contributed by atoms with Gasteiger partial charge in [0.2, 0.25) is 0 Å². The van der Waals surface area contributed by atoms with E-state index < -0.39 is 0 Å². The molecule has 0 aromatic heterocycles. The maximum atomic E-state index is 2.30. The summed E-state index contributed by atoms with van der Waals surface area (Å²) in [7, 11) is 0. The van der Waals surface area contributed by atoms with Crippen molar-refractivity contribution in [3.63, 3.8) is 0 Å². The first-order chi connectivity index (χ1) is 12.4. The minimum Gasteiger partial charge on any atom is -1.00 e. The Kier molecular flexibility index (Phi) is 31.9. The van der Waals surface area contributed by atoms with Gasteiger partial charge in [0.15, 0.2) is 0 Å². The van der Waals surface area contributed by atoms with Gasteiger partial charge in [-0.15, -0.1) is 0 Å². The number of hydrogen-bond acceptors (Lipinski definition) is 1. The summed E-state index contributed by atoms with van der Waals surface area (Å²) in [6.45, 7) is 4.60. The van der Waals surface area contributed by atoms with Crippen LogP contribution in [0.2, 0.25) is 0 Å². The fourth-order valence-corrected chi connectivity index (χ4v) is 4.51. The number of unbranched alkanes of at least 4 members (excludes halogenated alkanes) is 18. The van der Waals surface area contributed by atoms with E-state index in [9.17, 15) is 0 Å². The van der Waals surface area contributed by atoms with Gasteiger partial charge >= 0.3 is 23.1 Å². The van der Waals surface area contributed by atoms with E-state index in [0.29, 0.717) is 0 Å². The molecule has 0 aliphatic heterocycles. The van der Waals surface area contributed by atoms with Crippen molar-refractivity contribution in [1.82, 2.24) is 0 Å². The summed E-state index contributed by atoms with van der Waals surface area (Å²) in [5, 5.41) is 0. The summed E-state index contributed by atoms with van der Waals surface area (Å²) < 4.78 is 0. The predicted molar refractivity (Wildman–Crippen MR) is 129 cm³/mol. The SMILES string of the molecule is CCCCCCCCCCCCSCCCCCCCCCCCC.[H-].[H-].[Mg+2]. The molecule has 0 rings (SSSR count). The second kappa shape index (κ2) is 28.3. The van der Waals surface area contributed by atoms with Crippen LogP contribution in [-0.2, 0) is 0 Å². The Morgan fingerprint density at radius 3 is 0.885 bits per heavy atom. The fourth-order valence-electron chi connectivity index (χ4n) is 3.49. The zero-order valence-corrected chi connectivity index (χ0v) is 20.9. The van der Waals surface area contributed by atoms with Crippen molar-refractivity contribution in [1.29, 1.82) is 0 Å². The Bertz CT molecular complexity index is 209. The Morgan fingerprint density at radius 1 is 0.385 bits per heavy atom. The largest absolute Gasteiger partial charge is 2.00 e. The average molecular weight is 397 g/mol. The van der Waals surface area contributed by atoms with Crippen LogP contribution in [0, 0.1) is 0 Å². The summed E-state index contributed by atoms with van der Waals surface area (Å²) in [5.41, 5.74) is 0. The van der Waals surface area contributed by atoms with Crippen molar-refractivity contribution in [3.8, 4) is 0 Å². The topological polar surface area (TPSA) is 0 Å². The third-order valence-corrected chi connectivity index (χ3v) is 6.44. The van der Waals surface area contributed by atoms with Crippen LogP contribution in [0.1, 0.15) is 145 Å². The third-order valence-electron chi connectivity index (χ3n) is 5.28. The molecule has 0 saturated heterocycles. The normalized spacial score (nSPS) is 10.8. The smallest absolute Gasteiger partial charge is 1.00 e. The van der Waals surface area contributed by atoms with Gasteiger partial charge < -0.3 is 2.85 Å². The number of hydrogen-bond donors (Lipinski definition) is 0. The van der Waals surface area contributed by atoms with Gasteiger partial charge in [0.1, 0.15) is 0 Å². The van der Waals surface area contributed by atoms with Crippen molar-refractivity contribution < 1.29 is 2.85 Å². The fraction of sp³-hybridized carbons (Fsp3) is 1.00. The van der Waals surface area contributed by atoms with E-state index in [1.807, 2.05) is 0 Å². The minimum absolute atomic E-state index is 0. The minimum atomic E-state index is 0. The van der Waals surface area contributed by atoms with Gasteiger partial charge in [0, 0.05) is 0 Å². The van der Waals surface area contributed by atoms with Crippen LogP contribution in [0.5, 0.6) is 0 Å². The second-order valence-corrected chi connectivity index (χ2v) is 9.20. The van der Waals surface area contributed by atoms with Gasteiger partial charge in [-0.25, -0.2) is 0 Å². The van der Waals surface area contributed by atoms with E-state index >= 15 is 0 Å². The van der Waals surface area contributed by atoms with Crippen LogP contribution in [0.4, 0.5) is 0 Å². The summed E-state index contributed by atoms with van der Waals surface area (Å²) in [6.07, 6.45) is 29.2. The molecule has 0 radical (unpaired) electrons. The molecule has 0 aliphatic carbocycles. The predicted octanol–water partition coefficient (Wildman–Crippen LogP) is 9.41. The van der Waals surface area contributed by atoms with Crippen molar-refractivity contribution >= 4 is 34.8 Å². The van der Waals surface area contributed by atoms with Crippen molar-refractivity contribution in [2.24, 2.45) is 0 Å². The standard InChI is InChI=1S/C24H50S.Mg.2H/c1-3-5-7-9-11-13-15-17-19-21-23-25-24-22-20-18-16-14-12-10-8-6-4-2;;;/h3-24H2,1-2H3;;;/q;+2;2*-1. The van der Waals surface area contributed by atoms with E-state index in [2.05, 4.69) is 25.6 Å². The van der Waals surface area contributed by atoms with Gasteiger partial charge in [0.05, 0.1) is 0 Å². The van der Waals surface area contributed by atoms with Crippen LogP contribution in [0.3, 0.4) is 0 Å². The molecule has 2 heteroatoms. The molecule has 0 amide bonds. The first-order valence-electron chi connectivity index (χ1n) is 12.0. The van der Waals surface area contributed by atoms with Crippen LogP contribution < -0.4 is 0 Å². The zero-order valence-electron chi connectivity index (χ0n) is 20.7. The molecule has 0 unspecified atom stereocenters. The van der Waals surface area contributed by atoms with Gasteiger partial charge in [0.25, 0.3) is 0 Å². The van der Waals surface area contributed by atoms with Gasteiger partial charge in [-0.3, -0.25) is 0 Å². The van der Waals surface area contributed by atoms with Crippen LogP contribution in [0.25, 0.3) is 0 Å². The van der Waals surface area contributed by atoms with E-state index in [0.717, 1.165) is 0 Å². The molecule has 26 heavy (non-hydrogen) atoms. The van der Waals surface area contributed by atoms with Gasteiger partial charge in [-0.2, -0.15) is 11.8 Å². The van der Waals surface area contributed by atoms with Crippen LogP contribution in [0.15, 0.2) is 0 Å². The molecule has 0 atom stereocenters. The van der Waals surface area contributed by atoms with Crippen LogP contribution in [-0.4, -0.2) is 34.6 Å². The average Bonchev–Trinajstić information content (AvgIpc) is 2.63. The van der Waals surface area contributed by atoms with Crippen LogP contribution >= 0.6 is 11.8 Å². The Labute approximate surface area is 190 Å². The molecule has 0 bridgehead atoms. The molecule has 0 N–H and O–H groups in total. The number of thioether (sulfide) groups is 1. The summed E-state index contributed by atoms with van der Waals surface area (Å²) in [6, 6.07) is 0. The van der Waals surface area contributed by atoms with Gasteiger partial charge in [-0.05, 0) is 24.3 Å². The molecule has 156 valence electrons. The van der Waals surface area contributed by atoms with Crippen molar-refractivity contribution in [2.75, 3.05) is 11.5 Å².